The van der Waals surface area contributed by atoms with Crippen LogP contribution < -0.4 is 10.6 Å². The van der Waals surface area contributed by atoms with Gasteiger partial charge in [-0.1, -0.05) is 23.7 Å². The van der Waals surface area contributed by atoms with Crippen LogP contribution in [0.5, 0.6) is 0 Å². The molecule has 3 N–H and O–H groups in total. The number of ether oxygens (including phenoxy) is 1. The molecule has 2 aromatic carbocycles. The first-order valence-corrected chi connectivity index (χ1v) is 11.6. The van der Waals surface area contributed by atoms with E-state index in [1.807, 2.05) is 21.0 Å². The number of hydrogen-bond acceptors (Lipinski definition) is 8. The first kappa shape index (κ1) is 27.3. The average molecular weight is 522 g/mol. The fraction of sp³-hybridized carbons (Fsp3) is 0.231. The highest BCUT2D eigenvalue weighted by Crippen LogP contribution is 2.31. The summed E-state index contributed by atoms with van der Waals surface area (Å²) in [6, 6.07) is 11.9. The van der Waals surface area contributed by atoms with E-state index in [-0.39, 0.29) is 5.71 Å². The zero-order chi connectivity index (χ0) is 27.1. The minimum absolute atomic E-state index is 0.255. The minimum atomic E-state index is -1.16. The first-order chi connectivity index (χ1) is 17.5. The Morgan fingerprint density at radius 1 is 1.16 bits per heavy atom. The van der Waals surface area contributed by atoms with Gasteiger partial charge in [0.1, 0.15) is 17.7 Å². The van der Waals surface area contributed by atoms with Crippen molar-refractivity contribution < 1.29 is 14.3 Å². The Labute approximate surface area is 220 Å². The molecule has 0 radical (unpaired) electrons. The second-order valence-corrected chi connectivity index (χ2v) is 8.88. The summed E-state index contributed by atoms with van der Waals surface area (Å²) in [4.78, 5) is 39.3. The van der Waals surface area contributed by atoms with E-state index in [0.29, 0.717) is 39.2 Å². The summed E-state index contributed by atoms with van der Waals surface area (Å²) in [5.74, 6) is -0.727. The predicted octanol–water partition coefficient (Wildman–Crippen LogP) is 5.03. The van der Waals surface area contributed by atoms with Gasteiger partial charge in [-0.05, 0) is 49.7 Å². The lowest BCUT2D eigenvalue weighted by atomic mass is 10.1. The maximum atomic E-state index is 13.0. The average Bonchev–Trinajstić information content (AvgIpc) is 2.83. The van der Waals surface area contributed by atoms with E-state index in [4.69, 9.17) is 21.7 Å². The molecule has 37 heavy (non-hydrogen) atoms. The Balaban J connectivity index is 1.87. The fourth-order valence-electron chi connectivity index (χ4n) is 3.38. The third-order valence-corrected chi connectivity index (χ3v) is 5.26. The van der Waals surface area contributed by atoms with Gasteiger partial charge in [-0.3, -0.25) is 9.59 Å². The lowest BCUT2D eigenvalue weighted by molar-refractivity contribution is -0.152. The highest BCUT2D eigenvalue weighted by molar-refractivity contribution is 6.30. The molecule has 0 aliphatic heterocycles. The fourth-order valence-corrected chi connectivity index (χ4v) is 3.58. The van der Waals surface area contributed by atoms with Crippen LogP contribution in [0.3, 0.4) is 0 Å². The molecule has 0 bridgehead atoms. The molecule has 0 saturated carbocycles. The van der Waals surface area contributed by atoms with Gasteiger partial charge in [-0.25, -0.2) is 15.0 Å². The number of nitrogens with zero attached hydrogens (tertiary/aromatic N) is 4. The van der Waals surface area contributed by atoms with Crippen LogP contribution in [0, 0.1) is 12.3 Å². The van der Waals surface area contributed by atoms with Crippen molar-refractivity contribution in [2.75, 3.05) is 24.7 Å². The molecule has 10 nitrogen and oxygen atoms in total. The quantitative estimate of drug-likeness (QED) is 0.204. The molecule has 11 heteroatoms. The van der Waals surface area contributed by atoms with Crippen LogP contribution >= 0.6 is 11.6 Å². The van der Waals surface area contributed by atoms with E-state index >= 15 is 0 Å². The smallest absolute Gasteiger partial charge is 0.303 e. The molecule has 0 aliphatic carbocycles. The molecule has 3 aromatic rings. The number of hydrogen-bond donors (Lipinski definition) is 3. The minimum Gasteiger partial charge on any atom is -0.447 e. The highest BCUT2D eigenvalue weighted by atomic mass is 35.5. The van der Waals surface area contributed by atoms with Crippen LogP contribution in [0.2, 0.25) is 5.02 Å². The van der Waals surface area contributed by atoms with Gasteiger partial charge in [-0.15, -0.1) is 0 Å². The normalized spacial score (nSPS) is 11.6. The van der Waals surface area contributed by atoms with Crippen LogP contribution in [0.1, 0.15) is 36.8 Å². The number of nitrogens with one attached hydrogen (secondary N) is 3. The second-order valence-electron chi connectivity index (χ2n) is 8.44. The van der Waals surface area contributed by atoms with Crippen molar-refractivity contribution in [3.8, 4) is 0 Å². The van der Waals surface area contributed by atoms with Crippen molar-refractivity contribution in [3.05, 3.63) is 70.6 Å². The van der Waals surface area contributed by atoms with Crippen molar-refractivity contribution in [2.45, 2.75) is 26.9 Å². The summed E-state index contributed by atoms with van der Waals surface area (Å²) in [5, 5.41) is 14.6. The third-order valence-electron chi connectivity index (χ3n) is 5.02. The molecule has 0 aliphatic rings. The SMILES string of the molecule is CC(=N)c1ncnc(N=CN(C)C)c1Nc1ccc(NC(=O)C(OC(C)=O)c2cccc(Cl)c2)cc1C. The summed E-state index contributed by atoms with van der Waals surface area (Å²) in [6.07, 6.45) is 1.82. The number of aliphatic imine (C=N–C) groups is 1. The summed E-state index contributed by atoms with van der Waals surface area (Å²) in [7, 11) is 3.69. The van der Waals surface area contributed by atoms with Crippen molar-refractivity contribution in [2.24, 2.45) is 4.99 Å². The van der Waals surface area contributed by atoms with Crippen LogP contribution in [-0.2, 0) is 14.3 Å². The number of halogens is 1. The number of aryl methyl sites for hydroxylation is 1. The second kappa shape index (κ2) is 12.1. The number of anilines is 3. The van der Waals surface area contributed by atoms with E-state index in [0.717, 1.165) is 5.56 Å². The van der Waals surface area contributed by atoms with Gasteiger partial charge in [-0.2, -0.15) is 0 Å². The Kier molecular flexibility index (Phi) is 8.91. The van der Waals surface area contributed by atoms with E-state index in [9.17, 15) is 9.59 Å². The number of benzene rings is 2. The van der Waals surface area contributed by atoms with Gasteiger partial charge >= 0.3 is 5.97 Å². The molecule has 3 rings (SSSR count). The number of carbonyl (C=O) groups excluding carboxylic acids is 2. The van der Waals surface area contributed by atoms with Gasteiger partial charge in [0.15, 0.2) is 5.82 Å². The Morgan fingerprint density at radius 3 is 2.54 bits per heavy atom. The van der Waals surface area contributed by atoms with E-state index in [1.165, 1.54) is 13.3 Å². The number of rotatable bonds is 9. The van der Waals surface area contributed by atoms with Gasteiger partial charge in [0, 0.05) is 43.0 Å². The van der Waals surface area contributed by atoms with Gasteiger partial charge in [0.25, 0.3) is 5.91 Å². The molecule has 0 spiro atoms. The molecular weight excluding hydrogens is 494 g/mol. The molecular formula is C26H28ClN7O3. The van der Waals surface area contributed by atoms with Crippen molar-refractivity contribution >= 4 is 58.4 Å². The monoisotopic (exact) mass is 521 g/mol. The molecule has 1 unspecified atom stereocenters. The topological polar surface area (TPSA) is 133 Å². The van der Waals surface area contributed by atoms with Crippen LogP contribution in [0.4, 0.5) is 22.9 Å². The van der Waals surface area contributed by atoms with Gasteiger partial charge < -0.3 is 25.7 Å². The Hall–Kier alpha value is -4.31. The van der Waals surface area contributed by atoms with Gasteiger partial charge in [0.05, 0.1) is 12.1 Å². The standard InChI is InChI=1S/C26H28ClN7O3/c1-15-11-20(32-26(36)24(37-17(3)35)18-7-6-8-19(27)12-18)9-10-21(15)33-23-22(16(2)28)29-13-30-25(23)31-14-34(4)5/h6-14,24,28,33H,1-5H3,(H,32,36). The molecule has 1 amide bonds. The lowest BCUT2D eigenvalue weighted by Gasteiger charge is -2.18. The van der Waals surface area contributed by atoms with Crippen molar-refractivity contribution in [1.29, 1.82) is 5.41 Å². The molecule has 1 aromatic heterocycles. The first-order valence-electron chi connectivity index (χ1n) is 11.3. The van der Waals surface area contributed by atoms with E-state index < -0.39 is 18.0 Å². The maximum absolute atomic E-state index is 13.0. The highest BCUT2D eigenvalue weighted by Gasteiger charge is 2.24. The van der Waals surface area contributed by atoms with Crippen molar-refractivity contribution in [1.82, 2.24) is 14.9 Å². The summed E-state index contributed by atoms with van der Waals surface area (Å²) < 4.78 is 5.27. The Morgan fingerprint density at radius 2 is 1.92 bits per heavy atom. The molecule has 192 valence electrons. The van der Waals surface area contributed by atoms with Crippen LogP contribution in [0.25, 0.3) is 0 Å². The van der Waals surface area contributed by atoms with E-state index in [1.54, 1.807) is 60.6 Å². The summed E-state index contributed by atoms with van der Waals surface area (Å²) >= 11 is 6.06. The lowest BCUT2D eigenvalue weighted by Crippen LogP contribution is -2.25. The zero-order valence-electron chi connectivity index (χ0n) is 21.2. The third kappa shape index (κ3) is 7.34. The molecule has 1 heterocycles. The summed E-state index contributed by atoms with van der Waals surface area (Å²) in [6.45, 7) is 4.74. The molecule has 0 saturated heterocycles. The van der Waals surface area contributed by atoms with Crippen molar-refractivity contribution in [3.63, 3.8) is 0 Å². The van der Waals surface area contributed by atoms with Crippen LogP contribution in [0.15, 0.2) is 53.8 Å². The number of amides is 1. The number of esters is 1. The van der Waals surface area contributed by atoms with E-state index in [2.05, 4.69) is 25.6 Å². The molecule has 1 atom stereocenters. The molecule has 0 fully saturated rings. The summed E-state index contributed by atoms with van der Waals surface area (Å²) in [5.41, 5.74) is 3.63. The largest absolute Gasteiger partial charge is 0.447 e. The maximum Gasteiger partial charge on any atom is 0.303 e. The number of aromatic nitrogens is 2. The number of carbonyl (C=O) groups is 2. The van der Waals surface area contributed by atoms with Crippen LogP contribution in [-0.4, -0.2) is 52.9 Å². The zero-order valence-corrected chi connectivity index (χ0v) is 21.9. The Bertz CT molecular complexity index is 1360. The predicted molar refractivity (Wildman–Crippen MR) is 145 cm³/mol. The van der Waals surface area contributed by atoms with Gasteiger partial charge in [0.2, 0.25) is 6.10 Å².